The summed E-state index contributed by atoms with van der Waals surface area (Å²) in [5, 5.41) is 4.53. The Labute approximate surface area is 115 Å². The summed E-state index contributed by atoms with van der Waals surface area (Å²) in [6.07, 6.45) is 1.70. The Morgan fingerprint density at radius 1 is 1.28 bits per heavy atom. The van der Waals surface area contributed by atoms with E-state index in [1.807, 2.05) is 22.9 Å². The molecule has 1 heterocycles. The van der Waals surface area contributed by atoms with E-state index in [2.05, 4.69) is 39.9 Å². The van der Waals surface area contributed by atoms with E-state index < -0.39 is 0 Å². The van der Waals surface area contributed by atoms with Crippen molar-refractivity contribution in [3.63, 3.8) is 0 Å². The van der Waals surface area contributed by atoms with Crippen LogP contribution in [-0.4, -0.2) is 14.8 Å². The smallest absolute Gasteiger partial charge is 0.151 e. The average Bonchev–Trinajstić information content (AvgIpc) is 2.81. The van der Waals surface area contributed by atoms with Crippen LogP contribution in [0.5, 0.6) is 0 Å². The molecule has 2 N–H and O–H groups in total. The number of nitrogens with zero attached hydrogens (tertiary/aromatic N) is 3. The molecule has 0 aliphatic rings. The van der Waals surface area contributed by atoms with Crippen LogP contribution >= 0.6 is 15.9 Å². The first kappa shape index (κ1) is 13.2. The molecule has 0 radical (unpaired) electrons. The fourth-order valence-electron chi connectivity index (χ4n) is 1.81. The van der Waals surface area contributed by atoms with Crippen LogP contribution < -0.4 is 5.73 Å². The van der Waals surface area contributed by atoms with E-state index in [9.17, 15) is 0 Å². The molecule has 1 aromatic heterocycles. The molecule has 0 amide bonds. The van der Waals surface area contributed by atoms with Gasteiger partial charge in [0.25, 0.3) is 0 Å². The molecule has 5 heteroatoms. The molecule has 2 rings (SSSR count). The quantitative estimate of drug-likeness (QED) is 0.944. The fourth-order valence-corrected chi connectivity index (χ4v) is 2.41. The summed E-state index contributed by atoms with van der Waals surface area (Å²) in [4.78, 5) is 4.51. The van der Waals surface area contributed by atoms with Crippen molar-refractivity contribution in [2.24, 2.45) is 5.73 Å². The highest BCUT2D eigenvalue weighted by Crippen LogP contribution is 2.23. The first-order valence-corrected chi connectivity index (χ1v) is 6.92. The van der Waals surface area contributed by atoms with Crippen LogP contribution in [0.2, 0.25) is 0 Å². The molecule has 0 aliphatic carbocycles. The molecule has 0 atom stereocenters. The molecule has 0 spiro atoms. The van der Waals surface area contributed by atoms with Gasteiger partial charge in [-0.25, -0.2) is 9.67 Å². The van der Waals surface area contributed by atoms with Gasteiger partial charge in [0.1, 0.15) is 5.82 Å². The van der Waals surface area contributed by atoms with Gasteiger partial charge in [0.05, 0.1) is 5.69 Å². The van der Waals surface area contributed by atoms with Crippen LogP contribution in [0, 0.1) is 0 Å². The SMILES string of the molecule is CCc1nc(CC)n(-c2ccc(CN)cc2Br)n1. The van der Waals surface area contributed by atoms with Crippen molar-refractivity contribution < 1.29 is 0 Å². The van der Waals surface area contributed by atoms with Crippen molar-refractivity contribution in [3.05, 3.63) is 39.9 Å². The van der Waals surface area contributed by atoms with Crippen LogP contribution in [0.3, 0.4) is 0 Å². The van der Waals surface area contributed by atoms with E-state index in [4.69, 9.17) is 5.73 Å². The van der Waals surface area contributed by atoms with Crippen LogP contribution in [0.4, 0.5) is 0 Å². The lowest BCUT2D eigenvalue weighted by Crippen LogP contribution is -2.04. The summed E-state index contributed by atoms with van der Waals surface area (Å²) in [5.41, 5.74) is 7.74. The molecular formula is C13H17BrN4. The zero-order valence-electron chi connectivity index (χ0n) is 10.7. The first-order chi connectivity index (χ1) is 8.69. The average molecular weight is 309 g/mol. The number of benzene rings is 1. The molecule has 0 fully saturated rings. The largest absolute Gasteiger partial charge is 0.326 e. The molecule has 0 unspecified atom stereocenters. The van der Waals surface area contributed by atoms with Gasteiger partial charge in [0.2, 0.25) is 0 Å². The van der Waals surface area contributed by atoms with E-state index in [-0.39, 0.29) is 0 Å². The second-order valence-corrected chi connectivity index (χ2v) is 4.91. The summed E-state index contributed by atoms with van der Waals surface area (Å²) in [6.45, 7) is 4.69. The van der Waals surface area contributed by atoms with E-state index in [0.29, 0.717) is 6.54 Å². The maximum atomic E-state index is 5.63. The highest BCUT2D eigenvalue weighted by atomic mass is 79.9. The fraction of sp³-hybridized carbons (Fsp3) is 0.385. The second kappa shape index (κ2) is 5.63. The number of aryl methyl sites for hydroxylation is 2. The first-order valence-electron chi connectivity index (χ1n) is 6.13. The summed E-state index contributed by atoms with van der Waals surface area (Å²) < 4.78 is 2.90. The van der Waals surface area contributed by atoms with E-state index in [0.717, 1.165) is 40.2 Å². The highest BCUT2D eigenvalue weighted by molar-refractivity contribution is 9.10. The monoisotopic (exact) mass is 308 g/mol. The normalized spacial score (nSPS) is 10.9. The summed E-state index contributed by atoms with van der Waals surface area (Å²) in [5.74, 6) is 1.86. The number of hydrogen-bond acceptors (Lipinski definition) is 3. The molecule has 1 aromatic carbocycles. The molecule has 18 heavy (non-hydrogen) atoms. The lowest BCUT2D eigenvalue weighted by atomic mass is 10.2. The Morgan fingerprint density at radius 2 is 2.06 bits per heavy atom. The molecule has 0 saturated heterocycles. The number of rotatable bonds is 4. The molecular weight excluding hydrogens is 292 g/mol. The van der Waals surface area contributed by atoms with Crippen LogP contribution in [0.1, 0.15) is 31.1 Å². The third-order valence-electron chi connectivity index (χ3n) is 2.83. The van der Waals surface area contributed by atoms with Crippen molar-refractivity contribution in [2.45, 2.75) is 33.2 Å². The minimum atomic E-state index is 0.539. The predicted octanol–water partition coefficient (Wildman–Crippen LogP) is 2.61. The van der Waals surface area contributed by atoms with Gasteiger partial charge in [-0.05, 0) is 33.6 Å². The Hall–Kier alpha value is -1.20. The standard InChI is InChI=1S/C13H17BrN4/c1-3-12-16-13(4-2)18(17-12)11-6-5-9(8-15)7-10(11)14/h5-7H,3-4,8,15H2,1-2H3. The topological polar surface area (TPSA) is 56.7 Å². The van der Waals surface area contributed by atoms with Crippen molar-refractivity contribution >= 4 is 15.9 Å². The predicted molar refractivity (Wildman–Crippen MR) is 75.7 cm³/mol. The van der Waals surface area contributed by atoms with Crippen LogP contribution in [0.25, 0.3) is 5.69 Å². The highest BCUT2D eigenvalue weighted by Gasteiger charge is 2.11. The van der Waals surface area contributed by atoms with E-state index >= 15 is 0 Å². The van der Waals surface area contributed by atoms with Gasteiger partial charge in [-0.15, -0.1) is 0 Å². The van der Waals surface area contributed by atoms with E-state index in [1.54, 1.807) is 0 Å². The Kier molecular flexibility index (Phi) is 4.14. The Balaban J connectivity index is 2.50. The molecule has 4 nitrogen and oxygen atoms in total. The van der Waals surface area contributed by atoms with Crippen LogP contribution in [-0.2, 0) is 19.4 Å². The lowest BCUT2D eigenvalue weighted by Gasteiger charge is -2.08. The summed E-state index contributed by atoms with van der Waals surface area (Å²) in [6, 6.07) is 6.08. The van der Waals surface area contributed by atoms with Gasteiger partial charge in [0, 0.05) is 23.9 Å². The van der Waals surface area contributed by atoms with Gasteiger partial charge in [-0.3, -0.25) is 0 Å². The van der Waals surface area contributed by atoms with E-state index in [1.165, 1.54) is 0 Å². The third kappa shape index (κ3) is 2.47. The van der Waals surface area contributed by atoms with Crippen molar-refractivity contribution in [2.75, 3.05) is 0 Å². The molecule has 0 bridgehead atoms. The zero-order valence-corrected chi connectivity index (χ0v) is 12.2. The van der Waals surface area contributed by atoms with Gasteiger partial charge in [-0.1, -0.05) is 19.9 Å². The van der Waals surface area contributed by atoms with Gasteiger partial charge in [-0.2, -0.15) is 5.10 Å². The number of halogens is 1. The molecule has 2 aromatic rings. The molecule has 0 aliphatic heterocycles. The van der Waals surface area contributed by atoms with Gasteiger partial charge in [0.15, 0.2) is 5.82 Å². The Bertz CT molecular complexity index is 548. The number of aromatic nitrogens is 3. The minimum Gasteiger partial charge on any atom is -0.326 e. The third-order valence-corrected chi connectivity index (χ3v) is 3.46. The van der Waals surface area contributed by atoms with Crippen molar-refractivity contribution in [1.82, 2.24) is 14.8 Å². The molecule has 96 valence electrons. The maximum Gasteiger partial charge on any atom is 0.151 e. The Morgan fingerprint density at radius 3 is 2.61 bits per heavy atom. The molecule has 0 saturated carbocycles. The maximum absolute atomic E-state index is 5.63. The minimum absolute atomic E-state index is 0.539. The number of nitrogens with two attached hydrogens (primary N) is 1. The van der Waals surface area contributed by atoms with Crippen LogP contribution in [0.15, 0.2) is 22.7 Å². The zero-order chi connectivity index (χ0) is 13.1. The summed E-state index contributed by atoms with van der Waals surface area (Å²) in [7, 11) is 0. The second-order valence-electron chi connectivity index (χ2n) is 4.05. The van der Waals surface area contributed by atoms with Crippen molar-refractivity contribution in [3.8, 4) is 5.69 Å². The van der Waals surface area contributed by atoms with Gasteiger partial charge >= 0.3 is 0 Å². The number of hydrogen-bond donors (Lipinski definition) is 1. The van der Waals surface area contributed by atoms with Crippen molar-refractivity contribution in [1.29, 1.82) is 0 Å². The van der Waals surface area contributed by atoms with Gasteiger partial charge < -0.3 is 5.73 Å². The summed E-state index contributed by atoms with van der Waals surface area (Å²) >= 11 is 3.58. The lowest BCUT2D eigenvalue weighted by molar-refractivity contribution is 0.787.